The highest BCUT2D eigenvalue weighted by Crippen LogP contribution is 2.34. The molecule has 1 aliphatic carbocycles. The van der Waals surface area contributed by atoms with Gasteiger partial charge in [-0.15, -0.1) is 5.10 Å². The SMILES string of the molecule is CCc1nnsc1C(=O)N(C)C1(C(=O)O)CCCCC1. The lowest BCUT2D eigenvalue weighted by atomic mass is 9.80. The van der Waals surface area contributed by atoms with Gasteiger partial charge in [0.05, 0.1) is 5.69 Å². The molecule has 1 saturated carbocycles. The lowest BCUT2D eigenvalue weighted by molar-refractivity contribution is -0.151. The number of aliphatic carboxylic acids is 1. The fourth-order valence-corrected chi connectivity index (χ4v) is 3.51. The maximum absolute atomic E-state index is 12.6. The molecule has 1 amide bonds. The summed E-state index contributed by atoms with van der Waals surface area (Å²) in [6.07, 6.45) is 4.35. The van der Waals surface area contributed by atoms with E-state index in [0.29, 0.717) is 29.8 Å². The molecule has 1 aromatic rings. The normalized spacial score (nSPS) is 17.7. The topological polar surface area (TPSA) is 83.4 Å². The quantitative estimate of drug-likeness (QED) is 0.918. The molecule has 0 unspecified atom stereocenters. The second kappa shape index (κ2) is 5.87. The zero-order chi connectivity index (χ0) is 14.8. The van der Waals surface area contributed by atoms with Crippen molar-refractivity contribution in [3.8, 4) is 0 Å². The second-order valence-electron chi connectivity index (χ2n) is 5.16. The van der Waals surface area contributed by atoms with Crippen LogP contribution in [0.4, 0.5) is 0 Å². The van der Waals surface area contributed by atoms with Gasteiger partial charge in [0, 0.05) is 7.05 Å². The zero-order valence-electron chi connectivity index (χ0n) is 11.8. The number of hydrogen-bond donors (Lipinski definition) is 1. The molecule has 0 radical (unpaired) electrons. The van der Waals surface area contributed by atoms with E-state index in [2.05, 4.69) is 9.59 Å². The van der Waals surface area contributed by atoms with Gasteiger partial charge in [0.1, 0.15) is 10.4 Å². The molecule has 0 bridgehead atoms. The molecular formula is C13H19N3O3S. The van der Waals surface area contributed by atoms with E-state index >= 15 is 0 Å². The van der Waals surface area contributed by atoms with Crippen LogP contribution in [0.3, 0.4) is 0 Å². The van der Waals surface area contributed by atoms with Gasteiger partial charge in [-0.25, -0.2) is 4.79 Å². The Balaban J connectivity index is 2.30. The van der Waals surface area contributed by atoms with E-state index in [1.54, 1.807) is 7.05 Å². The number of likely N-dealkylation sites (N-methyl/N-ethyl adjacent to an activating group) is 1. The van der Waals surface area contributed by atoms with Gasteiger partial charge in [-0.05, 0) is 30.8 Å². The van der Waals surface area contributed by atoms with Crippen molar-refractivity contribution in [1.82, 2.24) is 14.5 Å². The molecule has 7 heteroatoms. The van der Waals surface area contributed by atoms with Crippen molar-refractivity contribution in [2.24, 2.45) is 0 Å². The number of aromatic nitrogens is 2. The first kappa shape index (κ1) is 14.9. The number of nitrogens with zero attached hydrogens (tertiary/aromatic N) is 3. The standard InChI is InChI=1S/C13H19N3O3S/c1-3-9-10(20-15-14-9)11(17)16(2)13(12(18)19)7-5-4-6-8-13/h3-8H2,1-2H3,(H,18,19). The molecule has 1 aromatic heterocycles. The van der Waals surface area contributed by atoms with Gasteiger partial charge in [0.2, 0.25) is 0 Å². The fraction of sp³-hybridized carbons (Fsp3) is 0.692. The van der Waals surface area contributed by atoms with Crippen molar-refractivity contribution in [2.75, 3.05) is 7.05 Å². The van der Waals surface area contributed by atoms with Crippen LogP contribution in [0.1, 0.15) is 54.4 Å². The lowest BCUT2D eigenvalue weighted by Crippen LogP contribution is -2.56. The Bertz CT molecular complexity index is 509. The number of carboxylic acid groups (broad SMARTS) is 1. The maximum Gasteiger partial charge on any atom is 0.329 e. The first-order valence-electron chi connectivity index (χ1n) is 6.85. The molecule has 0 atom stereocenters. The molecule has 1 heterocycles. The van der Waals surface area contributed by atoms with Crippen LogP contribution in [0.2, 0.25) is 0 Å². The second-order valence-corrected chi connectivity index (χ2v) is 5.92. The van der Waals surface area contributed by atoms with Crippen molar-refractivity contribution in [1.29, 1.82) is 0 Å². The van der Waals surface area contributed by atoms with Crippen LogP contribution in [0.15, 0.2) is 0 Å². The summed E-state index contributed by atoms with van der Waals surface area (Å²) in [6.45, 7) is 1.90. The molecule has 1 N–H and O–H groups in total. The number of carbonyl (C=O) groups excluding carboxylic acids is 1. The van der Waals surface area contributed by atoms with Crippen LogP contribution in [0.25, 0.3) is 0 Å². The van der Waals surface area contributed by atoms with E-state index in [1.807, 2.05) is 6.92 Å². The number of carbonyl (C=O) groups is 2. The van der Waals surface area contributed by atoms with Crippen LogP contribution in [0.5, 0.6) is 0 Å². The Kier molecular flexibility index (Phi) is 4.37. The summed E-state index contributed by atoms with van der Waals surface area (Å²) in [5, 5.41) is 13.5. The highest BCUT2D eigenvalue weighted by Gasteiger charge is 2.46. The lowest BCUT2D eigenvalue weighted by Gasteiger charge is -2.40. The maximum atomic E-state index is 12.6. The van der Waals surface area contributed by atoms with Crippen molar-refractivity contribution < 1.29 is 14.7 Å². The van der Waals surface area contributed by atoms with Gasteiger partial charge < -0.3 is 10.0 Å². The minimum atomic E-state index is -1.08. The average Bonchev–Trinajstić information content (AvgIpc) is 2.94. The molecule has 110 valence electrons. The fourth-order valence-electron chi connectivity index (χ4n) is 2.78. The predicted octanol–water partition coefficient (Wildman–Crippen LogP) is 1.96. The molecular weight excluding hydrogens is 278 g/mol. The van der Waals surface area contributed by atoms with E-state index in [9.17, 15) is 14.7 Å². The van der Waals surface area contributed by atoms with Crippen LogP contribution in [-0.4, -0.2) is 44.1 Å². The van der Waals surface area contributed by atoms with Gasteiger partial charge in [0.25, 0.3) is 5.91 Å². The highest BCUT2D eigenvalue weighted by atomic mass is 32.1. The van der Waals surface area contributed by atoms with Crippen LogP contribution < -0.4 is 0 Å². The largest absolute Gasteiger partial charge is 0.479 e. The van der Waals surface area contributed by atoms with Gasteiger partial charge >= 0.3 is 5.97 Å². The first-order valence-corrected chi connectivity index (χ1v) is 7.63. The van der Waals surface area contributed by atoms with E-state index in [-0.39, 0.29) is 5.91 Å². The van der Waals surface area contributed by atoms with Gasteiger partial charge in [-0.2, -0.15) is 0 Å². The Morgan fingerprint density at radius 3 is 2.55 bits per heavy atom. The Morgan fingerprint density at radius 2 is 2.00 bits per heavy atom. The number of carboxylic acids is 1. The Morgan fingerprint density at radius 1 is 1.35 bits per heavy atom. The van der Waals surface area contributed by atoms with E-state index in [1.165, 1.54) is 4.90 Å². The molecule has 1 fully saturated rings. The first-order chi connectivity index (χ1) is 9.53. The Labute approximate surface area is 122 Å². The van der Waals surface area contributed by atoms with Crippen molar-refractivity contribution >= 4 is 23.4 Å². The van der Waals surface area contributed by atoms with E-state index in [4.69, 9.17) is 0 Å². The number of hydrogen-bond acceptors (Lipinski definition) is 5. The van der Waals surface area contributed by atoms with Crippen LogP contribution in [0, 0.1) is 0 Å². The predicted molar refractivity (Wildman–Crippen MR) is 74.8 cm³/mol. The summed E-state index contributed by atoms with van der Waals surface area (Å²) in [5.41, 5.74) is -0.437. The molecule has 6 nitrogen and oxygen atoms in total. The monoisotopic (exact) mass is 297 g/mol. The van der Waals surface area contributed by atoms with Crippen molar-refractivity contribution in [3.63, 3.8) is 0 Å². The van der Waals surface area contributed by atoms with Gasteiger partial charge in [-0.1, -0.05) is 30.7 Å². The Hall–Kier alpha value is -1.50. The van der Waals surface area contributed by atoms with Gasteiger partial charge in [0.15, 0.2) is 0 Å². The molecule has 0 aliphatic heterocycles. The minimum Gasteiger partial charge on any atom is -0.479 e. The molecule has 0 saturated heterocycles. The number of aryl methyl sites for hydroxylation is 1. The number of amides is 1. The molecule has 0 spiro atoms. The third kappa shape index (κ3) is 2.42. The summed E-state index contributed by atoms with van der Waals surface area (Å²) in [6, 6.07) is 0. The van der Waals surface area contributed by atoms with E-state index < -0.39 is 11.5 Å². The average molecular weight is 297 g/mol. The van der Waals surface area contributed by atoms with Gasteiger partial charge in [-0.3, -0.25) is 4.79 Å². The van der Waals surface area contributed by atoms with Crippen molar-refractivity contribution in [3.05, 3.63) is 10.6 Å². The molecule has 20 heavy (non-hydrogen) atoms. The summed E-state index contributed by atoms with van der Waals surface area (Å²) in [4.78, 5) is 26.2. The summed E-state index contributed by atoms with van der Waals surface area (Å²) in [5.74, 6) is -1.19. The van der Waals surface area contributed by atoms with Crippen LogP contribution in [-0.2, 0) is 11.2 Å². The smallest absolute Gasteiger partial charge is 0.329 e. The highest BCUT2D eigenvalue weighted by molar-refractivity contribution is 7.08. The summed E-state index contributed by atoms with van der Waals surface area (Å²) < 4.78 is 3.81. The molecule has 2 rings (SSSR count). The zero-order valence-corrected chi connectivity index (χ0v) is 12.6. The number of rotatable bonds is 4. The summed E-state index contributed by atoms with van der Waals surface area (Å²) in [7, 11) is 1.58. The molecule has 1 aliphatic rings. The third-order valence-electron chi connectivity index (χ3n) is 4.11. The summed E-state index contributed by atoms with van der Waals surface area (Å²) >= 11 is 1.04. The minimum absolute atomic E-state index is 0.277. The van der Waals surface area contributed by atoms with Crippen molar-refractivity contribution in [2.45, 2.75) is 51.0 Å². The third-order valence-corrected chi connectivity index (χ3v) is 4.87. The molecule has 0 aromatic carbocycles. The van der Waals surface area contributed by atoms with E-state index in [0.717, 1.165) is 30.8 Å². The van der Waals surface area contributed by atoms with Crippen LogP contribution >= 0.6 is 11.5 Å².